The predicted octanol–water partition coefficient (Wildman–Crippen LogP) is 9.31. The van der Waals surface area contributed by atoms with Crippen LogP contribution in [0.1, 0.15) is 79.8 Å². The lowest BCUT2D eigenvalue weighted by molar-refractivity contribution is 0.763. The molecule has 0 heterocycles. The topological polar surface area (TPSA) is 24.1 Å². The van der Waals surface area contributed by atoms with Gasteiger partial charge in [0.05, 0.1) is 6.04 Å². The normalized spacial score (nSPS) is 14.8. The second-order valence-electron chi connectivity index (χ2n) is 10.7. The van der Waals surface area contributed by atoms with Crippen molar-refractivity contribution in [3.63, 3.8) is 0 Å². The van der Waals surface area contributed by atoms with Crippen molar-refractivity contribution in [1.82, 2.24) is 0 Å². The Kier molecular flexibility index (Phi) is 7.13. The Morgan fingerprint density at radius 3 is 2.17 bits per heavy atom. The van der Waals surface area contributed by atoms with Crippen molar-refractivity contribution in [3.05, 3.63) is 119 Å². The number of para-hydroxylation sites is 2. The van der Waals surface area contributed by atoms with E-state index in [4.69, 9.17) is 0 Å². The van der Waals surface area contributed by atoms with Gasteiger partial charge < -0.3 is 10.6 Å². The first-order chi connectivity index (χ1) is 17.5. The predicted molar refractivity (Wildman–Crippen MR) is 155 cm³/mol. The third-order valence-corrected chi connectivity index (χ3v) is 7.44. The Labute approximate surface area is 216 Å². The molecule has 2 heteroatoms. The number of nitrogens with one attached hydrogen (secondary N) is 2. The summed E-state index contributed by atoms with van der Waals surface area (Å²) in [6.45, 7) is 9.93. The maximum atomic E-state index is 3.82. The van der Waals surface area contributed by atoms with E-state index in [0.717, 1.165) is 19.4 Å². The molecular weight excluding hydrogens is 436 g/mol. The molecule has 4 aromatic rings. The van der Waals surface area contributed by atoms with Gasteiger partial charge in [-0.3, -0.25) is 0 Å². The van der Waals surface area contributed by atoms with E-state index in [1.165, 1.54) is 50.3 Å². The highest BCUT2D eigenvalue weighted by molar-refractivity contribution is 5.72. The van der Waals surface area contributed by atoms with Crippen LogP contribution < -0.4 is 10.6 Å². The van der Waals surface area contributed by atoms with E-state index in [2.05, 4.69) is 129 Å². The number of hydrogen-bond donors (Lipinski definition) is 2. The van der Waals surface area contributed by atoms with Crippen molar-refractivity contribution in [2.24, 2.45) is 0 Å². The molecule has 0 saturated heterocycles. The number of hydrogen-bond acceptors (Lipinski definition) is 2. The molecule has 1 unspecified atom stereocenters. The fraction of sp³-hybridized carbons (Fsp3) is 0.294. The van der Waals surface area contributed by atoms with Gasteiger partial charge in [0.25, 0.3) is 0 Å². The summed E-state index contributed by atoms with van der Waals surface area (Å²) in [5.74, 6) is 0.969. The summed E-state index contributed by atoms with van der Waals surface area (Å²) in [6.07, 6.45) is 2.26. The van der Waals surface area contributed by atoms with Crippen LogP contribution in [-0.4, -0.2) is 0 Å². The number of fused-ring (bicyclic) bond motifs is 1. The van der Waals surface area contributed by atoms with Gasteiger partial charge >= 0.3 is 0 Å². The summed E-state index contributed by atoms with van der Waals surface area (Å²) in [7, 11) is 0. The summed E-state index contributed by atoms with van der Waals surface area (Å²) < 4.78 is 0. The van der Waals surface area contributed by atoms with Crippen LogP contribution in [0.4, 0.5) is 11.4 Å². The number of anilines is 2. The molecule has 4 aromatic carbocycles. The average molecular weight is 475 g/mol. The smallest absolute Gasteiger partial charge is 0.0525 e. The molecule has 0 aromatic heterocycles. The number of benzene rings is 4. The summed E-state index contributed by atoms with van der Waals surface area (Å²) in [5, 5.41) is 7.61. The van der Waals surface area contributed by atoms with Gasteiger partial charge in [-0.1, -0.05) is 100 Å². The highest BCUT2D eigenvalue weighted by atomic mass is 14.9. The molecule has 1 atom stereocenters. The van der Waals surface area contributed by atoms with Crippen LogP contribution >= 0.6 is 0 Å². The molecular formula is C34H38N2. The maximum absolute atomic E-state index is 3.82. The van der Waals surface area contributed by atoms with Crippen LogP contribution in [0.15, 0.2) is 91.0 Å². The Bertz CT molecular complexity index is 1290. The summed E-state index contributed by atoms with van der Waals surface area (Å²) >= 11 is 0. The summed E-state index contributed by atoms with van der Waals surface area (Å²) in [6, 6.07) is 33.6. The van der Waals surface area contributed by atoms with Crippen molar-refractivity contribution in [2.45, 2.75) is 65.0 Å². The van der Waals surface area contributed by atoms with Gasteiger partial charge in [-0.15, -0.1) is 0 Å². The highest BCUT2D eigenvalue weighted by Crippen LogP contribution is 2.41. The quantitative estimate of drug-likeness (QED) is 0.266. The van der Waals surface area contributed by atoms with Crippen LogP contribution in [0.2, 0.25) is 0 Å². The molecule has 0 saturated carbocycles. The second-order valence-corrected chi connectivity index (χ2v) is 10.7. The zero-order valence-corrected chi connectivity index (χ0v) is 22.0. The van der Waals surface area contributed by atoms with Gasteiger partial charge in [-0.2, -0.15) is 0 Å². The Hall–Kier alpha value is -3.52. The first-order valence-corrected chi connectivity index (χ1v) is 13.4. The molecule has 0 bridgehead atoms. The maximum Gasteiger partial charge on any atom is 0.0525 e. The van der Waals surface area contributed by atoms with Gasteiger partial charge in [0.1, 0.15) is 0 Å². The average Bonchev–Trinajstić information content (AvgIpc) is 3.30. The van der Waals surface area contributed by atoms with Gasteiger partial charge in [0, 0.05) is 17.9 Å². The molecule has 1 aliphatic carbocycles. The van der Waals surface area contributed by atoms with E-state index in [1.807, 2.05) is 0 Å². The molecule has 0 aliphatic heterocycles. The Morgan fingerprint density at radius 2 is 1.44 bits per heavy atom. The lowest BCUT2D eigenvalue weighted by Crippen LogP contribution is -2.09. The molecule has 0 spiro atoms. The van der Waals surface area contributed by atoms with E-state index in [9.17, 15) is 0 Å². The van der Waals surface area contributed by atoms with Crippen molar-refractivity contribution in [3.8, 4) is 11.1 Å². The molecule has 1 aliphatic rings. The fourth-order valence-corrected chi connectivity index (χ4v) is 5.61. The van der Waals surface area contributed by atoms with Gasteiger partial charge in [0.2, 0.25) is 0 Å². The SMILES string of the molecule is CC(C)c1cccc(C(C)C)c1NCc1cccc(-c2cccc3c2C(Nc2ccccc2)CC3)c1. The standard InChI is InChI=1S/C34H38N2/c1-23(2)29-16-10-17-30(24(3)4)34(29)35-22-25-11-8-13-27(21-25)31-18-9-12-26-19-20-32(33(26)31)36-28-14-6-5-7-15-28/h5-18,21,23-24,32,35-36H,19-20,22H2,1-4H3. The fourth-order valence-electron chi connectivity index (χ4n) is 5.61. The Morgan fingerprint density at radius 1 is 0.750 bits per heavy atom. The molecule has 5 rings (SSSR count). The molecule has 0 amide bonds. The minimum atomic E-state index is 0.340. The lowest BCUT2D eigenvalue weighted by atomic mass is 9.92. The van der Waals surface area contributed by atoms with Crippen molar-refractivity contribution in [1.29, 1.82) is 0 Å². The first-order valence-electron chi connectivity index (χ1n) is 13.4. The van der Waals surface area contributed by atoms with Crippen molar-refractivity contribution >= 4 is 11.4 Å². The summed E-state index contributed by atoms with van der Waals surface area (Å²) in [5.41, 5.74) is 12.2. The lowest BCUT2D eigenvalue weighted by Gasteiger charge is -2.21. The van der Waals surface area contributed by atoms with E-state index in [0.29, 0.717) is 17.9 Å². The van der Waals surface area contributed by atoms with Crippen molar-refractivity contribution in [2.75, 3.05) is 10.6 Å². The third kappa shape index (κ3) is 5.04. The van der Waals surface area contributed by atoms with Gasteiger partial charge in [-0.25, -0.2) is 0 Å². The minimum absolute atomic E-state index is 0.340. The zero-order valence-electron chi connectivity index (χ0n) is 22.0. The van der Waals surface area contributed by atoms with Gasteiger partial charge in [0.15, 0.2) is 0 Å². The van der Waals surface area contributed by atoms with Crippen molar-refractivity contribution < 1.29 is 0 Å². The molecule has 36 heavy (non-hydrogen) atoms. The second kappa shape index (κ2) is 10.6. The molecule has 0 fully saturated rings. The van der Waals surface area contributed by atoms with Crippen LogP contribution in [-0.2, 0) is 13.0 Å². The molecule has 184 valence electrons. The van der Waals surface area contributed by atoms with E-state index >= 15 is 0 Å². The first kappa shape index (κ1) is 24.2. The molecule has 2 nitrogen and oxygen atoms in total. The summed E-state index contributed by atoms with van der Waals surface area (Å²) in [4.78, 5) is 0. The number of rotatable bonds is 8. The largest absolute Gasteiger partial charge is 0.381 e. The van der Waals surface area contributed by atoms with E-state index in [-0.39, 0.29) is 0 Å². The van der Waals surface area contributed by atoms with Gasteiger partial charge in [-0.05, 0) is 81.8 Å². The molecule has 0 radical (unpaired) electrons. The van der Waals surface area contributed by atoms with Crippen LogP contribution in [0.25, 0.3) is 11.1 Å². The Balaban J connectivity index is 1.43. The minimum Gasteiger partial charge on any atom is -0.381 e. The monoisotopic (exact) mass is 474 g/mol. The van der Waals surface area contributed by atoms with E-state index in [1.54, 1.807) is 0 Å². The molecule has 2 N–H and O–H groups in total. The third-order valence-electron chi connectivity index (χ3n) is 7.44. The van der Waals surface area contributed by atoms with Crippen LogP contribution in [0.3, 0.4) is 0 Å². The highest BCUT2D eigenvalue weighted by Gasteiger charge is 2.25. The van der Waals surface area contributed by atoms with Crippen LogP contribution in [0, 0.1) is 0 Å². The number of aryl methyl sites for hydroxylation is 1. The van der Waals surface area contributed by atoms with E-state index < -0.39 is 0 Å². The zero-order chi connectivity index (χ0) is 25.1. The van der Waals surface area contributed by atoms with Crippen LogP contribution in [0.5, 0.6) is 0 Å².